The number of hydrogen-bond acceptors (Lipinski definition) is 3. The zero-order chi connectivity index (χ0) is 13.2. The number of carboxylic acid groups (broad SMARTS) is 1. The first-order chi connectivity index (χ1) is 9.22. The number of benzene rings is 1. The van der Waals surface area contributed by atoms with Gasteiger partial charge in [0, 0.05) is 17.1 Å². The number of nitrogens with one attached hydrogen (secondary N) is 1. The minimum atomic E-state index is -0.825. The molecule has 3 rings (SSSR count). The van der Waals surface area contributed by atoms with Gasteiger partial charge < -0.3 is 5.11 Å². The molecule has 1 aromatic carbocycles. The summed E-state index contributed by atoms with van der Waals surface area (Å²) in [4.78, 5) is 14.9. The Labute approximate surface area is 108 Å². The van der Waals surface area contributed by atoms with Crippen molar-refractivity contribution in [2.75, 3.05) is 0 Å². The van der Waals surface area contributed by atoms with Crippen LogP contribution in [0.5, 0.6) is 0 Å². The average molecular weight is 253 g/mol. The summed E-state index contributed by atoms with van der Waals surface area (Å²) in [5, 5.41) is 16.4. The summed E-state index contributed by atoms with van der Waals surface area (Å²) in [6.07, 6.45) is 3.54. The summed E-state index contributed by atoms with van der Waals surface area (Å²) in [5.41, 5.74) is 3.53. The van der Waals surface area contributed by atoms with Crippen LogP contribution < -0.4 is 0 Å². The number of aliphatic carboxylic acids is 1. The lowest BCUT2D eigenvalue weighted by molar-refractivity contribution is -0.136. The minimum Gasteiger partial charge on any atom is -0.481 e. The highest BCUT2D eigenvalue weighted by Crippen LogP contribution is 2.22. The predicted octanol–water partition coefficient (Wildman–Crippen LogP) is 2.25. The number of fused-ring (bicyclic) bond motifs is 1. The Morgan fingerprint density at radius 3 is 2.68 bits per heavy atom. The van der Waals surface area contributed by atoms with Crippen LogP contribution in [-0.4, -0.2) is 26.3 Å². The third-order valence-electron chi connectivity index (χ3n) is 2.93. The van der Waals surface area contributed by atoms with Crippen LogP contribution in [0.15, 0.2) is 42.7 Å². The smallest absolute Gasteiger partial charge is 0.307 e. The first-order valence-electron chi connectivity index (χ1n) is 5.82. The van der Waals surface area contributed by atoms with Gasteiger partial charge in [-0.1, -0.05) is 24.3 Å². The molecule has 0 amide bonds. The Bertz CT molecular complexity index is 732. The van der Waals surface area contributed by atoms with Crippen LogP contribution in [0.4, 0.5) is 0 Å². The second kappa shape index (κ2) is 4.53. The fraction of sp³-hybridized carbons (Fsp3) is 0.0714. The summed E-state index contributed by atoms with van der Waals surface area (Å²) in [6, 6.07) is 9.45. The van der Waals surface area contributed by atoms with Gasteiger partial charge in [0.2, 0.25) is 0 Å². The normalized spacial score (nSPS) is 10.7. The molecule has 0 atom stereocenters. The minimum absolute atomic E-state index is 0.0410. The van der Waals surface area contributed by atoms with Gasteiger partial charge in [0.1, 0.15) is 0 Å². The average Bonchev–Trinajstić information content (AvgIpc) is 2.86. The summed E-state index contributed by atoms with van der Waals surface area (Å²) < 4.78 is 0. The Hall–Kier alpha value is -2.69. The number of carbonyl (C=O) groups is 1. The molecular formula is C14H11N3O2. The molecule has 0 saturated heterocycles. The van der Waals surface area contributed by atoms with E-state index in [-0.39, 0.29) is 6.42 Å². The standard InChI is InChI=1S/C14H11N3O2/c18-13(19)5-9-1-3-10(4-2-9)11-6-12-8-16-17-14(12)15-7-11/h1-4,6-8H,5H2,(H,18,19)(H,15,16,17). The molecule has 0 fully saturated rings. The molecule has 2 aromatic heterocycles. The summed E-state index contributed by atoms with van der Waals surface area (Å²) in [7, 11) is 0. The highest BCUT2D eigenvalue weighted by molar-refractivity contribution is 5.80. The molecule has 0 saturated carbocycles. The van der Waals surface area contributed by atoms with Gasteiger partial charge in [0.05, 0.1) is 12.6 Å². The van der Waals surface area contributed by atoms with Gasteiger partial charge in [0.15, 0.2) is 5.65 Å². The Morgan fingerprint density at radius 1 is 1.16 bits per heavy atom. The maximum Gasteiger partial charge on any atom is 0.307 e. The number of rotatable bonds is 3. The molecule has 0 spiro atoms. The van der Waals surface area contributed by atoms with E-state index in [1.807, 2.05) is 30.3 Å². The number of hydrogen-bond donors (Lipinski definition) is 2. The van der Waals surface area contributed by atoms with E-state index in [0.717, 1.165) is 27.7 Å². The summed E-state index contributed by atoms with van der Waals surface area (Å²) >= 11 is 0. The van der Waals surface area contributed by atoms with Gasteiger partial charge in [0.25, 0.3) is 0 Å². The molecule has 2 N–H and O–H groups in total. The van der Waals surface area contributed by atoms with E-state index in [2.05, 4.69) is 15.2 Å². The molecule has 0 aliphatic carbocycles. The van der Waals surface area contributed by atoms with Crippen LogP contribution in [0, 0.1) is 0 Å². The van der Waals surface area contributed by atoms with Crippen molar-refractivity contribution >= 4 is 17.0 Å². The van der Waals surface area contributed by atoms with Gasteiger partial charge in [-0.15, -0.1) is 0 Å². The molecule has 19 heavy (non-hydrogen) atoms. The monoisotopic (exact) mass is 253 g/mol. The van der Waals surface area contributed by atoms with Gasteiger partial charge in [-0.2, -0.15) is 5.10 Å². The van der Waals surface area contributed by atoms with Gasteiger partial charge in [-0.05, 0) is 17.2 Å². The molecule has 0 unspecified atom stereocenters. The van der Waals surface area contributed by atoms with Gasteiger partial charge in [-0.25, -0.2) is 4.98 Å². The van der Waals surface area contributed by atoms with Crippen LogP contribution >= 0.6 is 0 Å². The molecule has 0 radical (unpaired) electrons. The zero-order valence-electron chi connectivity index (χ0n) is 10.00. The quantitative estimate of drug-likeness (QED) is 0.750. The molecular weight excluding hydrogens is 242 g/mol. The van der Waals surface area contributed by atoms with Crippen molar-refractivity contribution in [3.63, 3.8) is 0 Å². The summed E-state index contributed by atoms with van der Waals surface area (Å²) in [5.74, 6) is -0.825. The molecule has 2 heterocycles. The number of carboxylic acids is 1. The first kappa shape index (κ1) is 11.4. The van der Waals surface area contributed by atoms with Crippen molar-refractivity contribution in [2.45, 2.75) is 6.42 Å². The number of aromatic nitrogens is 3. The predicted molar refractivity (Wildman–Crippen MR) is 70.7 cm³/mol. The molecule has 94 valence electrons. The first-order valence-corrected chi connectivity index (χ1v) is 5.82. The maximum atomic E-state index is 10.6. The van der Waals surface area contributed by atoms with E-state index in [1.54, 1.807) is 12.4 Å². The zero-order valence-corrected chi connectivity index (χ0v) is 10.00. The van der Waals surface area contributed by atoms with Crippen LogP contribution in [-0.2, 0) is 11.2 Å². The molecule has 5 heteroatoms. The lowest BCUT2D eigenvalue weighted by Crippen LogP contribution is -1.99. The molecule has 3 aromatic rings. The molecule has 5 nitrogen and oxygen atoms in total. The van der Waals surface area contributed by atoms with E-state index in [4.69, 9.17) is 5.11 Å². The number of aromatic amines is 1. The van der Waals surface area contributed by atoms with Crippen molar-refractivity contribution in [3.05, 3.63) is 48.3 Å². The lowest BCUT2D eigenvalue weighted by Gasteiger charge is -2.03. The van der Waals surface area contributed by atoms with Crippen LogP contribution in [0.1, 0.15) is 5.56 Å². The molecule has 0 aliphatic heterocycles. The molecule has 0 aliphatic rings. The van der Waals surface area contributed by atoms with Gasteiger partial charge in [-0.3, -0.25) is 9.89 Å². The molecule has 0 bridgehead atoms. The highest BCUT2D eigenvalue weighted by atomic mass is 16.4. The Morgan fingerprint density at radius 2 is 1.95 bits per heavy atom. The number of nitrogens with zero attached hydrogens (tertiary/aromatic N) is 2. The second-order valence-electron chi connectivity index (χ2n) is 4.30. The van der Waals surface area contributed by atoms with Crippen LogP contribution in [0.3, 0.4) is 0 Å². The van der Waals surface area contributed by atoms with Crippen molar-refractivity contribution in [2.24, 2.45) is 0 Å². The number of H-pyrrole nitrogens is 1. The van der Waals surface area contributed by atoms with Crippen molar-refractivity contribution in [1.82, 2.24) is 15.2 Å². The maximum absolute atomic E-state index is 10.6. The highest BCUT2D eigenvalue weighted by Gasteiger charge is 2.04. The van der Waals surface area contributed by atoms with E-state index < -0.39 is 5.97 Å². The summed E-state index contributed by atoms with van der Waals surface area (Å²) in [6.45, 7) is 0. The fourth-order valence-electron chi connectivity index (χ4n) is 1.98. The van der Waals surface area contributed by atoms with Crippen molar-refractivity contribution in [3.8, 4) is 11.1 Å². The number of pyridine rings is 1. The van der Waals surface area contributed by atoms with Gasteiger partial charge >= 0.3 is 5.97 Å². The van der Waals surface area contributed by atoms with Crippen LogP contribution in [0.2, 0.25) is 0 Å². The van der Waals surface area contributed by atoms with Crippen LogP contribution in [0.25, 0.3) is 22.2 Å². The van der Waals surface area contributed by atoms with Crippen molar-refractivity contribution < 1.29 is 9.90 Å². The third kappa shape index (κ3) is 2.30. The topological polar surface area (TPSA) is 78.9 Å². The van der Waals surface area contributed by atoms with E-state index in [0.29, 0.717) is 0 Å². The second-order valence-corrected chi connectivity index (χ2v) is 4.30. The Balaban J connectivity index is 1.94. The Kier molecular flexibility index (Phi) is 2.72. The van der Waals surface area contributed by atoms with E-state index in [1.165, 1.54) is 0 Å². The largest absolute Gasteiger partial charge is 0.481 e. The SMILES string of the molecule is O=C(O)Cc1ccc(-c2cnc3[nH]ncc3c2)cc1. The fourth-order valence-corrected chi connectivity index (χ4v) is 1.98. The van der Waals surface area contributed by atoms with Crippen molar-refractivity contribution in [1.29, 1.82) is 0 Å². The van der Waals surface area contributed by atoms with E-state index >= 15 is 0 Å². The van der Waals surface area contributed by atoms with E-state index in [9.17, 15) is 4.79 Å². The lowest BCUT2D eigenvalue weighted by atomic mass is 10.0. The third-order valence-corrected chi connectivity index (χ3v) is 2.93.